The van der Waals surface area contributed by atoms with Crippen LogP contribution in [0.2, 0.25) is 0 Å². The van der Waals surface area contributed by atoms with Gasteiger partial charge in [-0.15, -0.1) is 0 Å². The molecule has 0 unspecified atom stereocenters. The molecule has 1 rings (SSSR count). The highest BCUT2D eigenvalue weighted by Crippen LogP contribution is 2.18. The summed E-state index contributed by atoms with van der Waals surface area (Å²) in [6, 6.07) is 5.41. The van der Waals surface area contributed by atoms with E-state index < -0.39 is 0 Å². The summed E-state index contributed by atoms with van der Waals surface area (Å²) in [5.74, 6) is -0.346. The van der Waals surface area contributed by atoms with Gasteiger partial charge in [-0.2, -0.15) is 0 Å². The first-order chi connectivity index (χ1) is 8.19. The van der Waals surface area contributed by atoms with Crippen LogP contribution in [0.3, 0.4) is 0 Å². The number of nitrogens with two attached hydrogens (primary N) is 1. The van der Waals surface area contributed by atoms with Crippen LogP contribution in [-0.4, -0.2) is 19.4 Å². The molecule has 0 aliphatic carbocycles. The van der Waals surface area contributed by atoms with Crippen LogP contribution in [0.1, 0.15) is 29.3 Å². The maximum absolute atomic E-state index is 11.5. The van der Waals surface area contributed by atoms with Crippen molar-refractivity contribution in [3.63, 3.8) is 0 Å². The summed E-state index contributed by atoms with van der Waals surface area (Å²) in [4.78, 5) is 21.7. The Morgan fingerprint density at radius 3 is 2.65 bits per heavy atom. The molecule has 1 aromatic rings. The fourth-order valence-electron chi connectivity index (χ4n) is 1.39. The Labute approximate surface area is 110 Å². The van der Waals surface area contributed by atoms with E-state index in [-0.39, 0.29) is 5.91 Å². The van der Waals surface area contributed by atoms with Crippen molar-refractivity contribution < 1.29 is 9.59 Å². The van der Waals surface area contributed by atoms with Crippen LogP contribution in [0.15, 0.2) is 22.7 Å². The Morgan fingerprint density at radius 1 is 1.47 bits per heavy atom. The van der Waals surface area contributed by atoms with Crippen molar-refractivity contribution in [1.82, 2.24) is 5.32 Å². The van der Waals surface area contributed by atoms with E-state index in [0.29, 0.717) is 12.0 Å². The highest BCUT2D eigenvalue weighted by atomic mass is 79.9. The predicted octanol–water partition coefficient (Wildman–Crippen LogP) is 1.86. The Balaban J connectivity index is 0.00000121. The van der Waals surface area contributed by atoms with Gasteiger partial charge in [0.15, 0.2) is 0 Å². The van der Waals surface area contributed by atoms with Crippen LogP contribution in [0.25, 0.3) is 0 Å². The molecular formula is C12H17BrN2O2. The van der Waals surface area contributed by atoms with Crippen LogP contribution in [0, 0.1) is 0 Å². The van der Waals surface area contributed by atoms with Crippen molar-refractivity contribution in [3.05, 3.63) is 33.8 Å². The normalized spacial score (nSPS) is 8.94. The molecule has 94 valence electrons. The number of imide groups is 1. The van der Waals surface area contributed by atoms with Gasteiger partial charge in [-0.3, -0.25) is 14.9 Å². The summed E-state index contributed by atoms with van der Waals surface area (Å²) >= 11 is 3.35. The molecule has 0 spiro atoms. The molecule has 0 atom stereocenters. The van der Waals surface area contributed by atoms with Crippen molar-refractivity contribution >= 4 is 28.2 Å². The van der Waals surface area contributed by atoms with Crippen molar-refractivity contribution in [2.24, 2.45) is 5.73 Å². The predicted molar refractivity (Wildman–Crippen MR) is 71.8 cm³/mol. The minimum absolute atomic E-state index is 0.346. The minimum Gasteiger partial charge on any atom is -0.333 e. The third-order valence-electron chi connectivity index (χ3n) is 2.02. The molecule has 0 aromatic heterocycles. The monoisotopic (exact) mass is 300 g/mol. The Bertz CT molecular complexity index is 381. The topological polar surface area (TPSA) is 72.2 Å². The van der Waals surface area contributed by atoms with Gasteiger partial charge in [0.25, 0.3) is 5.91 Å². The standard InChI is InChI=1S/C11H12BrNO2.CH5N/c1-2-3-8-6-9(12)4-5-10(8)11(15)13-7-14;1-2/h4-7H,2-3H2,1H3,(H,13,14,15);2H2,1H3. The Hall–Kier alpha value is -1.20. The molecule has 0 bridgehead atoms. The Kier molecular flexibility index (Phi) is 8.27. The lowest BCUT2D eigenvalue weighted by Crippen LogP contribution is -2.22. The summed E-state index contributed by atoms with van der Waals surface area (Å²) < 4.78 is 0.939. The average molecular weight is 301 g/mol. The number of rotatable bonds is 4. The molecule has 4 nitrogen and oxygen atoms in total. The number of carbonyl (C=O) groups excluding carboxylic acids is 2. The third-order valence-corrected chi connectivity index (χ3v) is 2.51. The summed E-state index contributed by atoms with van der Waals surface area (Å²) in [6.07, 6.45) is 2.18. The van der Waals surface area contributed by atoms with E-state index in [2.05, 4.69) is 27.0 Å². The molecule has 0 aliphatic heterocycles. The number of carbonyl (C=O) groups is 2. The van der Waals surface area contributed by atoms with E-state index in [1.165, 1.54) is 7.05 Å². The van der Waals surface area contributed by atoms with Crippen molar-refractivity contribution in [2.75, 3.05) is 7.05 Å². The van der Waals surface area contributed by atoms with Gasteiger partial charge in [0.1, 0.15) is 0 Å². The lowest BCUT2D eigenvalue weighted by Gasteiger charge is -2.07. The van der Waals surface area contributed by atoms with E-state index in [1.54, 1.807) is 12.1 Å². The number of hydrogen-bond acceptors (Lipinski definition) is 3. The van der Waals surface area contributed by atoms with Gasteiger partial charge in [-0.05, 0) is 37.2 Å². The van der Waals surface area contributed by atoms with E-state index >= 15 is 0 Å². The highest BCUT2D eigenvalue weighted by Gasteiger charge is 2.10. The lowest BCUT2D eigenvalue weighted by molar-refractivity contribution is -0.108. The van der Waals surface area contributed by atoms with E-state index in [1.807, 2.05) is 13.0 Å². The van der Waals surface area contributed by atoms with Crippen molar-refractivity contribution in [2.45, 2.75) is 19.8 Å². The van der Waals surface area contributed by atoms with Crippen molar-refractivity contribution in [3.8, 4) is 0 Å². The molecule has 0 saturated heterocycles. The zero-order valence-corrected chi connectivity index (χ0v) is 11.6. The minimum atomic E-state index is -0.346. The zero-order chi connectivity index (χ0) is 13.3. The second kappa shape index (κ2) is 8.90. The van der Waals surface area contributed by atoms with Gasteiger partial charge in [-0.25, -0.2) is 0 Å². The number of nitrogens with one attached hydrogen (secondary N) is 1. The van der Waals surface area contributed by atoms with Crippen molar-refractivity contribution in [1.29, 1.82) is 0 Å². The molecule has 0 heterocycles. The van der Waals surface area contributed by atoms with Gasteiger partial charge in [0, 0.05) is 10.0 Å². The molecule has 0 radical (unpaired) electrons. The summed E-state index contributed by atoms with van der Waals surface area (Å²) in [7, 11) is 1.50. The third kappa shape index (κ3) is 5.10. The summed E-state index contributed by atoms with van der Waals surface area (Å²) in [5, 5.41) is 2.15. The second-order valence-corrected chi connectivity index (χ2v) is 4.06. The number of benzene rings is 1. The average Bonchev–Trinajstić information content (AvgIpc) is 2.32. The molecule has 5 heteroatoms. The number of aryl methyl sites for hydroxylation is 1. The van der Waals surface area contributed by atoms with Crippen LogP contribution < -0.4 is 11.1 Å². The number of halogens is 1. The molecule has 1 aromatic carbocycles. The first-order valence-corrected chi connectivity index (χ1v) is 6.09. The SMILES string of the molecule is CCCc1cc(Br)ccc1C(=O)NC=O.CN. The van der Waals surface area contributed by atoms with Gasteiger partial charge < -0.3 is 5.73 Å². The molecule has 0 saturated carbocycles. The molecule has 17 heavy (non-hydrogen) atoms. The van der Waals surface area contributed by atoms with Crippen LogP contribution >= 0.6 is 15.9 Å². The van der Waals surface area contributed by atoms with Crippen LogP contribution in [-0.2, 0) is 11.2 Å². The smallest absolute Gasteiger partial charge is 0.257 e. The summed E-state index contributed by atoms with van der Waals surface area (Å²) in [6.45, 7) is 2.04. The molecule has 3 N–H and O–H groups in total. The van der Waals surface area contributed by atoms with Crippen LogP contribution in [0.4, 0.5) is 0 Å². The van der Waals surface area contributed by atoms with Gasteiger partial charge in [0.2, 0.25) is 6.41 Å². The quantitative estimate of drug-likeness (QED) is 0.834. The first-order valence-electron chi connectivity index (χ1n) is 5.29. The van der Waals surface area contributed by atoms with Gasteiger partial charge >= 0.3 is 0 Å². The van der Waals surface area contributed by atoms with Gasteiger partial charge in [-0.1, -0.05) is 29.3 Å². The molecule has 0 fully saturated rings. The fraction of sp³-hybridized carbons (Fsp3) is 0.333. The van der Waals surface area contributed by atoms with Crippen LogP contribution in [0.5, 0.6) is 0 Å². The largest absolute Gasteiger partial charge is 0.333 e. The Morgan fingerprint density at radius 2 is 2.12 bits per heavy atom. The number of hydrogen-bond donors (Lipinski definition) is 2. The van der Waals surface area contributed by atoms with E-state index in [0.717, 1.165) is 22.9 Å². The molecular weight excluding hydrogens is 284 g/mol. The maximum Gasteiger partial charge on any atom is 0.257 e. The first kappa shape index (κ1) is 15.8. The zero-order valence-electron chi connectivity index (χ0n) is 10.00. The molecule has 2 amide bonds. The lowest BCUT2D eigenvalue weighted by atomic mass is 10.0. The highest BCUT2D eigenvalue weighted by molar-refractivity contribution is 9.10. The van der Waals surface area contributed by atoms with E-state index in [9.17, 15) is 9.59 Å². The fourth-order valence-corrected chi connectivity index (χ4v) is 1.80. The maximum atomic E-state index is 11.5. The second-order valence-electron chi connectivity index (χ2n) is 3.14. The van der Waals surface area contributed by atoms with E-state index in [4.69, 9.17) is 0 Å². The summed E-state index contributed by atoms with van der Waals surface area (Å²) in [5.41, 5.74) is 6.01. The molecule has 0 aliphatic rings. The van der Waals surface area contributed by atoms with Gasteiger partial charge in [0.05, 0.1) is 0 Å². The number of amides is 2.